The lowest BCUT2D eigenvalue weighted by Crippen LogP contribution is -2.20. The highest BCUT2D eigenvalue weighted by molar-refractivity contribution is 7.12. The Balaban J connectivity index is 2.43. The molecule has 0 radical (unpaired) electrons. The van der Waals surface area contributed by atoms with E-state index in [-0.39, 0.29) is 5.41 Å². The number of nitrogens with zero attached hydrogens (tertiary/aromatic N) is 1. The Labute approximate surface area is 128 Å². The molecule has 0 amide bonds. The van der Waals surface area contributed by atoms with Crippen molar-refractivity contribution in [1.82, 2.24) is 10.3 Å². The van der Waals surface area contributed by atoms with Crippen LogP contribution in [0.15, 0.2) is 0 Å². The molecule has 1 rings (SSSR count). The Morgan fingerprint density at radius 3 is 2.55 bits per heavy atom. The van der Waals surface area contributed by atoms with Crippen molar-refractivity contribution in [3.63, 3.8) is 0 Å². The largest absolute Gasteiger partial charge is 0.381 e. The maximum absolute atomic E-state index is 5.49. The molecule has 1 unspecified atom stereocenters. The van der Waals surface area contributed by atoms with Gasteiger partial charge in [0.1, 0.15) is 0 Å². The Hall–Kier alpha value is -0.450. The van der Waals surface area contributed by atoms with Crippen LogP contribution in [-0.2, 0) is 10.2 Å². The molecule has 0 aliphatic rings. The van der Waals surface area contributed by atoms with E-state index in [0.29, 0.717) is 6.04 Å². The van der Waals surface area contributed by atoms with Crippen molar-refractivity contribution in [1.29, 1.82) is 0 Å². The average molecular weight is 298 g/mol. The molecular formula is C16H30N2OS. The summed E-state index contributed by atoms with van der Waals surface area (Å²) in [6.45, 7) is 15.9. The maximum Gasteiger partial charge on any atom is 0.0985 e. The van der Waals surface area contributed by atoms with E-state index in [1.807, 2.05) is 11.3 Å². The number of aromatic nitrogens is 1. The van der Waals surface area contributed by atoms with E-state index in [2.05, 4.69) is 46.9 Å². The van der Waals surface area contributed by atoms with E-state index in [1.165, 1.54) is 15.6 Å². The highest BCUT2D eigenvalue weighted by Gasteiger charge is 2.22. The van der Waals surface area contributed by atoms with Gasteiger partial charge in [0.05, 0.1) is 10.7 Å². The summed E-state index contributed by atoms with van der Waals surface area (Å²) in [7, 11) is 0. The number of hydrogen-bond acceptors (Lipinski definition) is 4. The molecule has 0 aliphatic carbocycles. The zero-order valence-electron chi connectivity index (χ0n) is 13.9. The van der Waals surface area contributed by atoms with Crippen molar-refractivity contribution >= 4 is 11.3 Å². The monoisotopic (exact) mass is 298 g/mol. The van der Waals surface area contributed by atoms with Crippen molar-refractivity contribution < 1.29 is 4.74 Å². The van der Waals surface area contributed by atoms with Gasteiger partial charge < -0.3 is 10.1 Å². The third-order valence-electron chi connectivity index (χ3n) is 3.13. The minimum Gasteiger partial charge on any atom is -0.381 e. The number of hydrogen-bond donors (Lipinski definition) is 1. The zero-order chi connectivity index (χ0) is 15.2. The van der Waals surface area contributed by atoms with Gasteiger partial charge in [-0.25, -0.2) is 4.98 Å². The molecule has 3 nitrogen and oxygen atoms in total. The van der Waals surface area contributed by atoms with Crippen LogP contribution in [-0.4, -0.2) is 24.7 Å². The maximum atomic E-state index is 5.49. The Bertz CT molecular complexity index is 396. The molecule has 1 aromatic heterocycles. The molecule has 0 aliphatic heterocycles. The lowest BCUT2D eigenvalue weighted by Gasteiger charge is -2.14. The first-order valence-electron chi connectivity index (χ1n) is 7.65. The van der Waals surface area contributed by atoms with Crippen molar-refractivity contribution in [3.8, 4) is 0 Å². The molecule has 0 fully saturated rings. The van der Waals surface area contributed by atoms with E-state index in [4.69, 9.17) is 9.72 Å². The first-order chi connectivity index (χ1) is 9.36. The third-order valence-corrected chi connectivity index (χ3v) is 4.90. The predicted octanol–water partition coefficient (Wildman–Crippen LogP) is 4.22. The fraction of sp³-hybridized carbons (Fsp3) is 0.812. The van der Waals surface area contributed by atoms with E-state index >= 15 is 0 Å². The van der Waals surface area contributed by atoms with Crippen LogP contribution < -0.4 is 5.32 Å². The minimum atomic E-state index is 0.140. The molecule has 0 spiro atoms. The van der Waals surface area contributed by atoms with Gasteiger partial charge >= 0.3 is 0 Å². The van der Waals surface area contributed by atoms with E-state index in [1.54, 1.807) is 0 Å². The standard InChI is InChI=1S/C16H30N2OS/c1-7-10-19-11-8-9-17-12(2)14-13(3)18-15(20-14)16(4,5)6/h12,17H,7-11H2,1-6H3. The Morgan fingerprint density at radius 1 is 1.30 bits per heavy atom. The van der Waals surface area contributed by atoms with Crippen LogP contribution >= 0.6 is 11.3 Å². The number of ether oxygens (including phenoxy) is 1. The minimum absolute atomic E-state index is 0.140. The summed E-state index contributed by atoms with van der Waals surface area (Å²) in [5, 5.41) is 4.80. The van der Waals surface area contributed by atoms with Crippen molar-refractivity contribution in [3.05, 3.63) is 15.6 Å². The summed E-state index contributed by atoms with van der Waals surface area (Å²) in [4.78, 5) is 6.09. The molecular weight excluding hydrogens is 268 g/mol. The van der Waals surface area contributed by atoms with Crippen LogP contribution in [0.5, 0.6) is 0 Å². The fourth-order valence-electron chi connectivity index (χ4n) is 1.96. The fourth-order valence-corrected chi connectivity index (χ4v) is 3.11. The Kier molecular flexibility index (Phi) is 7.13. The highest BCUT2D eigenvalue weighted by Crippen LogP contribution is 2.32. The lowest BCUT2D eigenvalue weighted by atomic mass is 9.98. The predicted molar refractivity (Wildman–Crippen MR) is 87.7 cm³/mol. The molecule has 0 saturated heterocycles. The van der Waals surface area contributed by atoms with Crippen LogP contribution in [0.25, 0.3) is 0 Å². The second-order valence-corrected chi connectivity index (χ2v) is 7.39. The van der Waals surface area contributed by atoms with Gasteiger partial charge in [-0.05, 0) is 33.2 Å². The van der Waals surface area contributed by atoms with E-state index in [0.717, 1.165) is 32.6 Å². The van der Waals surface area contributed by atoms with Gasteiger partial charge in [0, 0.05) is 29.5 Å². The van der Waals surface area contributed by atoms with Gasteiger partial charge in [0.25, 0.3) is 0 Å². The van der Waals surface area contributed by atoms with Gasteiger partial charge in [-0.2, -0.15) is 0 Å². The second kappa shape index (κ2) is 8.11. The summed E-state index contributed by atoms with van der Waals surface area (Å²) in [6, 6.07) is 0.370. The van der Waals surface area contributed by atoms with Crippen LogP contribution in [0.4, 0.5) is 0 Å². The molecule has 0 saturated carbocycles. The lowest BCUT2D eigenvalue weighted by molar-refractivity contribution is 0.132. The highest BCUT2D eigenvalue weighted by atomic mass is 32.1. The van der Waals surface area contributed by atoms with Crippen molar-refractivity contribution in [2.75, 3.05) is 19.8 Å². The van der Waals surface area contributed by atoms with Crippen LogP contribution in [0, 0.1) is 6.92 Å². The first-order valence-corrected chi connectivity index (χ1v) is 8.46. The molecule has 0 bridgehead atoms. The average Bonchev–Trinajstić information content (AvgIpc) is 2.75. The third kappa shape index (κ3) is 5.51. The molecule has 1 aromatic rings. The van der Waals surface area contributed by atoms with Crippen LogP contribution in [0.1, 0.15) is 69.1 Å². The molecule has 0 aromatic carbocycles. The second-order valence-electron chi connectivity index (χ2n) is 6.36. The summed E-state index contributed by atoms with van der Waals surface area (Å²) in [5.74, 6) is 0. The van der Waals surface area contributed by atoms with Gasteiger partial charge in [0.2, 0.25) is 0 Å². The number of thiazole rings is 1. The molecule has 4 heteroatoms. The van der Waals surface area contributed by atoms with Gasteiger partial charge in [-0.1, -0.05) is 27.7 Å². The number of nitrogens with one attached hydrogen (secondary N) is 1. The van der Waals surface area contributed by atoms with Crippen LogP contribution in [0.3, 0.4) is 0 Å². The topological polar surface area (TPSA) is 34.1 Å². The van der Waals surface area contributed by atoms with Crippen molar-refractivity contribution in [2.45, 2.75) is 65.8 Å². The summed E-state index contributed by atoms with van der Waals surface area (Å²) in [6.07, 6.45) is 2.16. The number of aryl methyl sites for hydroxylation is 1. The Morgan fingerprint density at radius 2 is 2.00 bits per heavy atom. The normalized spacial score (nSPS) is 13.7. The summed E-state index contributed by atoms with van der Waals surface area (Å²) in [5.41, 5.74) is 1.31. The van der Waals surface area contributed by atoms with E-state index in [9.17, 15) is 0 Å². The van der Waals surface area contributed by atoms with E-state index < -0.39 is 0 Å². The molecule has 1 N–H and O–H groups in total. The zero-order valence-corrected chi connectivity index (χ0v) is 14.7. The quantitative estimate of drug-likeness (QED) is 0.730. The molecule has 1 heterocycles. The number of rotatable bonds is 8. The summed E-state index contributed by atoms with van der Waals surface area (Å²) < 4.78 is 5.49. The SMILES string of the molecule is CCCOCCCNC(C)c1sc(C(C)(C)C)nc1C. The van der Waals surface area contributed by atoms with Gasteiger partial charge in [0.15, 0.2) is 0 Å². The van der Waals surface area contributed by atoms with Crippen LogP contribution in [0.2, 0.25) is 0 Å². The molecule has 1 atom stereocenters. The molecule has 116 valence electrons. The summed E-state index contributed by atoms with van der Waals surface area (Å²) >= 11 is 1.84. The van der Waals surface area contributed by atoms with Crippen molar-refractivity contribution in [2.24, 2.45) is 0 Å². The molecule has 20 heavy (non-hydrogen) atoms. The van der Waals surface area contributed by atoms with Gasteiger partial charge in [-0.3, -0.25) is 0 Å². The van der Waals surface area contributed by atoms with Gasteiger partial charge in [-0.15, -0.1) is 11.3 Å². The smallest absolute Gasteiger partial charge is 0.0985 e. The first kappa shape index (κ1) is 17.6.